The van der Waals surface area contributed by atoms with Crippen LogP contribution in [0.3, 0.4) is 0 Å². The van der Waals surface area contributed by atoms with Crippen molar-refractivity contribution >= 4 is 42.6 Å². The van der Waals surface area contributed by atoms with E-state index in [1.165, 1.54) is 32.3 Å². The van der Waals surface area contributed by atoms with Gasteiger partial charge in [0.25, 0.3) is 0 Å². The number of nitrogens with one attached hydrogen (secondary N) is 1. The standard InChI is InChI=1S/2C25H29N2P.7C7H7.2Hf/c2*1-25(2,3)20-27-24(26-19-21-13-7-4-8-14-21)28(22-15-9-5-10-16-22)23-17-11-6-12-18-23;7*1-7-5-3-2-4-6-7;;/h4-18H,19-20H2,1-3H3,(H,26,27);4-18,24H,19-20H2,1-3H3;7*2-6H,1H2;;/q;-2;7*-1;;+4. The molecule has 0 bridgehead atoms. The Balaban J connectivity index is 0.000000340. The van der Waals surface area contributed by atoms with Gasteiger partial charge in [-0.3, -0.25) is 4.99 Å². The predicted molar refractivity (Wildman–Crippen MR) is 464 cm³/mol. The van der Waals surface area contributed by atoms with E-state index in [0.717, 1.165) is 57.6 Å². The fourth-order valence-electron chi connectivity index (χ4n) is 9.13. The first-order valence-corrected chi connectivity index (χ1v) is 38.1. The zero-order valence-electron chi connectivity index (χ0n) is 63.6. The van der Waals surface area contributed by atoms with E-state index in [2.05, 4.69) is 265 Å². The third-order valence-electron chi connectivity index (χ3n) is 14.5. The van der Waals surface area contributed by atoms with E-state index in [1.54, 1.807) is 0 Å². The van der Waals surface area contributed by atoms with Gasteiger partial charge in [-0.25, -0.2) is 5.91 Å². The number of hydrogen-bond donors (Lipinski definition) is 1. The summed E-state index contributed by atoms with van der Waals surface area (Å²) < 4.78 is 0. The molecule has 546 valence electrons. The van der Waals surface area contributed by atoms with E-state index in [4.69, 9.17) is 15.6 Å². The van der Waals surface area contributed by atoms with Gasteiger partial charge >= 0.3 is 25.8 Å². The average Bonchev–Trinajstić information content (AvgIpc) is 0.826. The van der Waals surface area contributed by atoms with Crippen LogP contribution in [-0.4, -0.2) is 24.6 Å². The quantitative estimate of drug-likeness (QED) is 0.0381. The average molecular weight is 1770 g/mol. The second kappa shape index (κ2) is 55.4. The predicted octanol–water partition coefficient (Wildman–Crippen LogP) is 24.8. The molecule has 13 rings (SSSR count). The molecule has 13 aromatic carbocycles. The first kappa shape index (κ1) is 92.1. The van der Waals surface area contributed by atoms with Gasteiger partial charge in [-0.15, -0.1) is 98.0 Å². The summed E-state index contributed by atoms with van der Waals surface area (Å²) in [5.41, 5.74) is 11.4. The Labute approximate surface area is 686 Å². The van der Waals surface area contributed by atoms with Crippen LogP contribution in [0.1, 0.15) is 91.6 Å². The molecule has 107 heavy (non-hydrogen) atoms. The van der Waals surface area contributed by atoms with Gasteiger partial charge in [0.2, 0.25) is 0 Å². The van der Waals surface area contributed by atoms with Gasteiger partial charge in [0.15, 0.2) is 0 Å². The Kier molecular flexibility index (Phi) is 47.7. The maximum absolute atomic E-state index is 5.13. The molecule has 0 aliphatic rings. The third-order valence-corrected chi connectivity index (χ3v) is 19.3. The Hall–Kier alpha value is -9.06. The number of nitrogens with zero attached hydrogens (tertiary/aromatic N) is 3. The number of hydrogen-bond acceptors (Lipinski definition) is 1. The number of rotatable bonds is 14. The van der Waals surface area contributed by atoms with Crippen molar-refractivity contribution in [2.24, 2.45) is 15.8 Å². The van der Waals surface area contributed by atoms with E-state index < -0.39 is 15.8 Å². The van der Waals surface area contributed by atoms with Crippen molar-refractivity contribution in [1.29, 1.82) is 0 Å². The van der Waals surface area contributed by atoms with Crippen molar-refractivity contribution in [2.75, 3.05) is 13.1 Å². The van der Waals surface area contributed by atoms with Crippen molar-refractivity contribution in [2.45, 2.75) is 60.5 Å². The summed E-state index contributed by atoms with van der Waals surface area (Å²) >= 11 is 0. The van der Waals surface area contributed by atoms with E-state index in [1.807, 2.05) is 224 Å². The molecule has 0 fully saturated rings. The van der Waals surface area contributed by atoms with Gasteiger partial charge in [0, 0.05) is 40.3 Å². The van der Waals surface area contributed by atoms with Crippen molar-refractivity contribution in [1.82, 2.24) is 5.32 Å². The molecule has 1 N–H and O–H groups in total. The molecule has 0 aliphatic carbocycles. The fourth-order valence-corrected chi connectivity index (χ4v) is 13.6. The first-order valence-electron chi connectivity index (χ1n) is 35.4. The topological polar surface area (TPSA) is 52.6 Å². The van der Waals surface area contributed by atoms with Crippen LogP contribution in [0.15, 0.2) is 399 Å². The Bertz CT molecular complexity index is 3760. The minimum Gasteiger partial charge on any atom is -0.673 e. The van der Waals surface area contributed by atoms with Crippen molar-refractivity contribution in [3.63, 3.8) is 0 Å². The molecule has 1 atom stereocenters. The molecule has 0 heterocycles. The van der Waals surface area contributed by atoms with Crippen molar-refractivity contribution in [3.8, 4) is 0 Å². The Morgan fingerprint density at radius 3 is 0.757 bits per heavy atom. The molecule has 0 saturated carbocycles. The van der Waals surface area contributed by atoms with Crippen LogP contribution < -0.4 is 26.5 Å². The summed E-state index contributed by atoms with van der Waals surface area (Å²) in [6.45, 7) is 42.6. The van der Waals surface area contributed by atoms with Gasteiger partial charge in [0.05, 0.1) is 6.54 Å². The fraction of sp³-hybridized carbons (Fsp3) is 0.131. The van der Waals surface area contributed by atoms with Crippen molar-refractivity contribution < 1.29 is 51.7 Å². The monoisotopic (exact) mass is 1770 g/mol. The zero-order valence-corrected chi connectivity index (χ0v) is 72.6. The summed E-state index contributed by atoms with van der Waals surface area (Å²) in [5, 5.41) is 19.2. The molecular weight excluding hydrogens is 1660 g/mol. The van der Waals surface area contributed by atoms with Gasteiger partial charge in [-0.05, 0) is 32.2 Å². The van der Waals surface area contributed by atoms with Crippen LogP contribution in [0.4, 0.5) is 0 Å². The van der Waals surface area contributed by atoms with Gasteiger partial charge in [-0.2, -0.15) is 172 Å². The molecule has 1 unspecified atom stereocenters. The number of aliphatic imine (C=N–C) groups is 1. The first-order chi connectivity index (χ1) is 50.8. The number of benzene rings is 13. The molecule has 4 nitrogen and oxygen atoms in total. The second-order valence-corrected chi connectivity index (χ2v) is 30.9. The van der Waals surface area contributed by atoms with Crippen molar-refractivity contribution in [3.05, 3.63) is 503 Å². The third kappa shape index (κ3) is 44.0. The van der Waals surface area contributed by atoms with Gasteiger partial charge < -0.3 is 16.0 Å². The van der Waals surface area contributed by atoms with Crippen LogP contribution in [0.5, 0.6) is 0 Å². The largest absolute Gasteiger partial charge is 4.00 e. The molecule has 0 amide bonds. The molecule has 8 heteroatoms. The minimum atomic E-state index is -0.725. The van der Waals surface area contributed by atoms with E-state index >= 15 is 0 Å². The van der Waals surface area contributed by atoms with Crippen LogP contribution >= 0.6 is 15.8 Å². The molecule has 0 radical (unpaired) electrons. The molecule has 0 aliphatic heterocycles. The van der Waals surface area contributed by atoms with E-state index in [-0.39, 0.29) is 68.4 Å². The Morgan fingerprint density at radius 2 is 0.533 bits per heavy atom. The summed E-state index contributed by atoms with van der Waals surface area (Å²) in [6.07, 6.45) is 0. The van der Waals surface area contributed by atoms with Crippen LogP contribution in [0.25, 0.3) is 10.6 Å². The molecule has 0 aromatic heterocycles. The molecule has 0 saturated heterocycles. The van der Waals surface area contributed by atoms with E-state index in [0.29, 0.717) is 13.1 Å². The molecule has 13 aromatic rings. The van der Waals surface area contributed by atoms with Crippen LogP contribution in [-0.2, 0) is 64.8 Å². The summed E-state index contributed by atoms with van der Waals surface area (Å²) in [5.74, 6) is -0.0563. The second-order valence-electron chi connectivity index (χ2n) is 26.6. The summed E-state index contributed by atoms with van der Waals surface area (Å²) in [6, 6.07) is 133. The minimum absolute atomic E-state index is 0. The summed E-state index contributed by atoms with van der Waals surface area (Å²) in [7, 11) is -1.42. The zero-order chi connectivity index (χ0) is 75.4. The molecular formula is C99H107Hf2N4P2-5. The van der Waals surface area contributed by atoms with Crippen LogP contribution in [0, 0.1) is 59.3 Å². The van der Waals surface area contributed by atoms with Gasteiger partial charge in [-0.1, -0.05) is 285 Å². The Morgan fingerprint density at radius 1 is 0.308 bits per heavy atom. The normalized spacial score (nSPS) is 10.5. The molecule has 0 spiro atoms. The maximum Gasteiger partial charge on any atom is 4.00 e. The number of amidine groups is 1. The van der Waals surface area contributed by atoms with E-state index in [9.17, 15) is 0 Å². The SMILES string of the molecule is CC(C)(C)CNC(=NCc1ccccc1)P(c1ccccc1)c1ccccc1.CC(C)(C)C[N-]C([N-]Cc1ccccc1)P(c1ccccc1)c1ccccc1.[CH2-]c1ccccc1.[CH2-]c1ccccc1.[CH2-]c1ccccc1.[CH2-]c1ccccc1.[CH2-]c1ccccc1.[CH2-]c1ccccc1.[CH2-]c1ccccc1.[Hf+4].[Hf]. The van der Waals surface area contributed by atoms with Gasteiger partial charge in [0.1, 0.15) is 5.58 Å². The summed E-state index contributed by atoms with van der Waals surface area (Å²) in [4.78, 5) is 5.08. The van der Waals surface area contributed by atoms with Crippen LogP contribution in [0.2, 0.25) is 0 Å². The maximum atomic E-state index is 5.13. The smallest absolute Gasteiger partial charge is 0.673 e.